The van der Waals surface area contributed by atoms with E-state index < -0.39 is 12.7 Å². The minimum Gasteiger partial charge on any atom is -0.398 e. The third kappa shape index (κ3) is 2.89. The smallest absolute Gasteiger partial charge is 0.398 e. The summed E-state index contributed by atoms with van der Waals surface area (Å²) in [5.41, 5.74) is 7.27. The molecule has 1 aromatic carbocycles. The van der Waals surface area contributed by atoms with E-state index in [1.807, 2.05) is 0 Å². The molecule has 0 aliphatic heterocycles. The van der Waals surface area contributed by atoms with Crippen LogP contribution in [0.15, 0.2) is 30.5 Å². The van der Waals surface area contributed by atoms with Crippen molar-refractivity contribution >= 4 is 22.3 Å². The molecule has 0 atom stereocenters. The molecular weight excluding hydrogens is 255 g/mol. The first-order valence-electron chi connectivity index (χ1n) is 5.87. The maximum Gasteiger partial charge on any atom is 0.405 e. The molecule has 19 heavy (non-hydrogen) atoms. The van der Waals surface area contributed by atoms with Crippen molar-refractivity contribution in [1.82, 2.24) is 4.98 Å². The fourth-order valence-corrected chi connectivity index (χ4v) is 2.02. The molecule has 0 spiro atoms. The predicted molar refractivity (Wildman–Crippen MR) is 70.1 cm³/mol. The highest BCUT2D eigenvalue weighted by Crippen LogP contribution is 2.30. The highest BCUT2D eigenvalue weighted by molar-refractivity contribution is 5.98. The number of anilines is 2. The lowest BCUT2D eigenvalue weighted by Crippen LogP contribution is -2.34. The maximum atomic E-state index is 12.6. The number of hydrogen-bond donors (Lipinski definition) is 1. The monoisotopic (exact) mass is 269 g/mol. The van der Waals surface area contributed by atoms with Crippen LogP contribution in [0.1, 0.15) is 6.92 Å². The van der Waals surface area contributed by atoms with Gasteiger partial charge < -0.3 is 10.6 Å². The Morgan fingerprint density at radius 3 is 2.63 bits per heavy atom. The number of pyridine rings is 1. The Morgan fingerprint density at radius 2 is 2.00 bits per heavy atom. The quantitative estimate of drug-likeness (QED) is 0.870. The van der Waals surface area contributed by atoms with E-state index in [0.717, 1.165) is 0 Å². The summed E-state index contributed by atoms with van der Waals surface area (Å²) in [6.07, 6.45) is -2.70. The van der Waals surface area contributed by atoms with Gasteiger partial charge in [0.05, 0.1) is 11.2 Å². The zero-order valence-electron chi connectivity index (χ0n) is 10.4. The van der Waals surface area contributed by atoms with Crippen molar-refractivity contribution in [3.8, 4) is 0 Å². The first kappa shape index (κ1) is 13.5. The second-order valence-corrected chi connectivity index (χ2v) is 4.20. The van der Waals surface area contributed by atoms with Crippen LogP contribution in [0.25, 0.3) is 10.9 Å². The zero-order chi connectivity index (χ0) is 14.0. The van der Waals surface area contributed by atoms with Crippen molar-refractivity contribution < 1.29 is 13.2 Å². The van der Waals surface area contributed by atoms with E-state index in [0.29, 0.717) is 22.3 Å². The van der Waals surface area contributed by atoms with E-state index in [1.54, 1.807) is 37.4 Å². The van der Waals surface area contributed by atoms with Crippen molar-refractivity contribution in [2.45, 2.75) is 13.1 Å². The molecule has 0 radical (unpaired) electrons. The Bertz CT molecular complexity index is 581. The van der Waals surface area contributed by atoms with Crippen LogP contribution in [0.2, 0.25) is 0 Å². The Hall–Kier alpha value is -1.98. The minimum atomic E-state index is -4.25. The normalized spacial score (nSPS) is 11.8. The summed E-state index contributed by atoms with van der Waals surface area (Å²) in [6.45, 7) is 0.922. The van der Waals surface area contributed by atoms with E-state index in [2.05, 4.69) is 4.98 Å². The number of nitrogens with zero attached hydrogens (tertiary/aromatic N) is 2. The van der Waals surface area contributed by atoms with Crippen LogP contribution in [0.4, 0.5) is 24.5 Å². The van der Waals surface area contributed by atoms with Gasteiger partial charge in [-0.3, -0.25) is 4.98 Å². The molecule has 1 aromatic heterocycles. The summed E-state index contributed by atoms with van der Waals surface area (Å²) >= 11 is 0. The van der Waals surface area contributed by atoms with Gasteiger partial charge in [0.1, 0.15) is 6.54 Å². The molecule has 0 aliphatic carbocycles. The second-order valence-electron chi connectivity index (χ2n) is 4.20. The van der Waals surface area contributed by atoms with Crippen molar-refractivity contribution in [3.05, 3.63) is 30.5 Å². The van der Waals surface area contributed by atoms with Crippen LogP contribution in [-0.4, -0.2) is 24.2 Å². The van der Waals surface area contributed by atoms with E-state index in [9.17, 15) is 13.2 Å². The lowest BCUT2D eigenvalue weighted by atomic mass is 10.1. The maximum absolute atomic E-state index is 12.6. The number of nitrogen functional groups attached to an aromatic ring is 1. The standard InChI is InChI=1S/C13H14F3N3/c1-2-19(8-13(14,15)16)11-6-5-10(17)9-4-3-7-18-12(9)11/h3-7H,2,8,17H2,1H3. The molecule has 2 N–H and O–H groups in total. The average molecular weight is 269 g/mol. The van der Waals surface area contributed by atoms with Gasteiger partial charge in [0.2, 0.25) is 0 Å². The van der Waals surface area contributed by atoms with Crippen LogP contribution < -0.4 is 10.6 Å². The third-order valence-corrected chi connectivity index (χ3v) is 2.87. The van der Waals surface area contributed by atoms with Crippen molar-refractivity contribution in [2.24, 2.45) is 0 Å². The lowest BCUT2D eigenvalue weighted by molar-refractivity contribution is -0.119. The van der Waals surface area contributed by atoms with Crippen LogP contribution in [0.3, 0.4) is 0 Å². The number of nitrogens with two attached hydrogens (primary N) is 1. The molecule has 3 nitrogen and oxygen atoms in total. The lowest BCUT2D eigenvalue weighted by Gasteiger charge is -2.25. The predicted octanol–water partition coefficient (Wildman–Crippen LogP) is 3.21. The van der Waals surface area contributed by atoms with Crippen LogP contribution >= 0.6 is 0 Å². The third-order valence-electron chi connectivity index (χ3n) is 2.87. The molecule has 0 aliphatic rings. The number of halogens is 3. The molecule has 0 amide bonds. The van der Waals surface area contributed by atoms with Gasteiger partial charge in [-0.15, -0.1) is 0 Å². The molecule has 2 aromatic rings. The molecule has 0 saturated heterocycles. The number of aromatic nitrogens is 1. The Kier molecular flexibility index (Phi) is 3.50. The number of rotatable bonds is 3. The number of benzene rings is 1. The van der Waals surface area contributed by atoms with Gasteiger partial charge in [-0.2, -0.15) is 13.2 Å². The Morgan fingerprint density at radius 1 is 1.26 bits per heavy atom. The van der Waals surface area contributed by atoms with Crippen LogP contribution in [-0.2, 0) is 0 Å². The van der Waals surface area contributed by atoms with Gasteiger partial charge >= 0.3 is 6.18 Å². The van der Waals surface area contributed by atoms with Crippen LogP contribution in [0, 0.1) is 0 Å². The van der Waals surface area contributed by atoms with Crippen molar-refractivity contribution in [1.29, 1.82) is 0 Å². The fraction of sp³-hybridized carbons (Fsp3) is 0.308. The van der Waals surface area contributed by atoms with Gasteiger partial charge in [0, 0.05) is 23.8 Å². The first-order chi connectivity index (χ1) is 8.92. The first-order valence-corrected chi connectivity index (χ1v) is 5.87. The fourth-order valence-electron chi connectivity index (χ4n) is 2.02. The van der Waals surface area contributed by atoms with Gasteiger partial charge in [-0.1, -0.05) is 0 Å². The van der Waals surface area contributed by atoms with E-state index in [4.69, 9.17) is 5.73 Å². The topological polar surface area (TPSA) is 42.1 Å². The van der Waals surface area contributed by atoms with E-state index in [1.165, 1.54) is 4.90 Å². The summed E-state index contributed by atoms with van der Waals surface area (Å²) in [4.78, 5) is 5.40. The number of hydrogen-bond acceptors (Lipinski definition) is 3. The van der Waals surface area contributed by atoms with Gasteiger partial charge in [0.25, 0.3) is 0 Å². The Labute approximate surface area is 108 Å². The van der Waals surface area contributed by atoms with Crippen LogP contribution in [0.5, 0.6) is 0 Å². The number of fused-ring (bicyclic) bond motifs is 1. The molecule has 0 bridgehead atoms. The average Bonchev–Trinajstić information content (AvgIpc) is 2.36. The highest BCUT2D eigenvalue weighted by atomic mass is 19.4. The van der Waals surface area contributed by atoms with E-state index >= 15 is 0 Å². The molecule has 2 rings (SSSR count). The van der Waals surface area contributed by atoms with E-state index in [-0.39, 0.29) is 6.54 Å². The summed E-state index contributed by atoms with van der Waals surface area (Å²) < 4.78 is 37.7. The summed E-state index contributed by atoms with van der Waals surface area (Å²) in [5, 5.41) is 0.667. The molecule has 0 unspecified atom stereocenters. The zero-order valence-corrected chi connectivity index (χ0v) is 10.4. The van der Waals surface area contributed by atoms with Crippen molar-refractivity contribution in [3.63, 3.8) is 0 Å². The Balaban J connectivity index is 2.52. The summed E-state index contributed by atoms with van der Waals surface area (Å²) in [7, 11) is 0. The molecule has 0 fully saturated rings. The van der Waals surface area contributed by atoms with Gasteiger partial charge in [-0.05, 0) is 31.2 Å². The second kappa shape index (κ2) is 4.95. The largest absolute Gasteiger partial charge is 0.405 e. The van der Waals surface area contributed by atoms with Crippen molar-refractivity contribution in [2.75, 3.05) is 23.7 Å². The molecule has 0 saturated carbocycles. The highest BCUT2D eigenvalue weighted by Gasteiger charge is 2.31. The van der Waals surface area contributed by atoms with Gasteiger partial charge in [-0.25, -0.2) is 0 Å². The molecule has 6 heteroatoms. The molecule has 1 heterocycles. The molecular formula is C13H14F3N3. The summed E-state index contributed by atoms with van der Waals surface area (Å²) in [6, 6.07) is 6.66. The number of alkyl halides is 3. The van der Waals surface area contributed by atoms with Gasteiger partial charge in [0.15, 0.2) is 0 Å². The summed E-state index contributed by atoms with van der Waals surface area (Å²) in [5.74, 6) is 0. The minimum absolute atomic E-state index is 0.245. The molecule has 102 valence electrons. The SMILES string of the molecule is CCN(CC(F)(F)F)c1ccc(N)c2cccnc12.